The van der Waals surface area contributed by atoms with Crippen molar-refractivity contribution >= 4 is 21.6 Å². The quantitative estimate of drug-likeness (QED) is 0.657. The Morgan fingerprint density at radius 2 is 2.00 bits per heavy atom. The van der Waals surface area contributed by atoms with Crippen LogP contribution in [0.2, 0.25) is 0 Å². The lowest BCUT2D eigenvalue weighted by molar-refractivity contribution is -0.120. The van der Waals surface area contributed by atoms with Crippen LogP contribution < -0.4 is 15.8 Å². The van der Waals surface area contributed by atoms with Crippen molar-refractivity contribution in [1.82, 2.24) is 4.72 Å². The van der Waals surface area contributed by atoms with Crippen LogP contribution in [0.1, 0.15) is 45.4 Å². The topological polar surface area (TPSA) is 101 Å². The third-order valence-corrected chi connectivity index (χ3v) is 6.17. The van der Waals surface area contributed by atoms with Gasteiger partial charge in [0.15, 0.2) is 0 Å². The van der Waals surface area contributed by atoms with Crippen LogP contribution >= 0.6 is 0 Å². The van der Waals surface area contributed by atoms with Crippen molar-refractivity contribution in [1.29, 1.82) is 0 Å². The molecule has 0 aromatic heterocycles. The van der Waals surface area contributed by atoms with E-state index in [1.165, 1.54) is 44.2 Å². The number of benzene rings is 1. The number of sulfonamides is 1. The molecule has 0 spiro atoms. The maximum absolute atomic E-state index is 12.4. The first kappa shape index (κ1) is 19.9. The van der Waals surface area contributed by atoms with E-state index < -0.39 is 10.0 Å². The monoisotopic (exact) mass is 367 g/mol. The summed E-state index contributed by atoms with van der Waals surface area (Å²) in [5.74, 6) is 0.482. The van der Waals surface area contributed by atoms with Gasteiger partial charge in [-0.05, 0) is 30.5 Å². The summed E-state index contributed by atoms with van der Waals surface area (Å²) in [5.41, 5.74) is 5.83. The molecule has 2 rings (SSSR count). The second-order valence-corrected chi connectivity index (χ2v) is 8.61. The first-order valence-electron chi connectivity index (χ1n) is 9.03. The van der Waals surface area contributed by atoms with E-state index in [-0.39, 0.29) is 29.8 Å². The normalized spacial score (nSPS) is 17.2. The molecular weight excluding hydrogens is 338 g/mol. The average molecular weight is 368 g/mol. The molecule has 1 unspecified atom stereocenters. The molecule has 1 atom stereocenters. The van der Waals surface area contributed by atoms with Gasteiger partial charge in [-0.25, -0.2) is 13.1 Å². The fourth-order valence-electron chi connectivity index (χ4n) is 3.31. The molecule has 4 N–H and O–H groups in total. The van der Waals surface area contributed by atoms with Crippen molar-refractivity contribution in [3.63, 3.8) is 0 Å². The summed E-state index contributed by atoms with van der Waals surface area (Å²) in [7, 11) is -3.60. The lowest BCUT2D eigenvalue weighted by Gasteiger charge is -2.24. The molecule has 1 aromatic rings. The van der Waals surface area contributed by atoms with E-state index in [0.717, 1.165) is 6.42 Å². The summed E-state index contributed by atoms with van der Waals surface area (Å²) in [6.07, 6.45) is 7.12. The highest BCUT2D eigenvalue weighted by molar-refractivity contribution is 7.89. The van der Waals surface area contributed by atoms with Crippen LogP contribution in [0.3, 0.4) is 0 Å². The van der Waals surface area contributed by atoms with Crippen LogP contribution in [-0.2, 0) is 14.8 Å². The molecule has 1 aliphatic carbocycles. The van der Waals surface area contributed by atoms with E-state index in [9.17, 15) is 13.2 Å². The van der Waals surface area contributed by atoms with Crippen LogP contribution in [-0.4, -0.2) is 27.4 Å². The zero-order chi connectivity index (χ0) is 18.3. The van der Waals surface area contributed by atoms with Crippen LogP contribution in [0, 0.1) is 11.8 Å². The number of nitrogens with one attached hydrogen (secondary N) is 2. The first-order valence-corrected chi connectivity index (χ1v) is 10.5. The maximum atomic E-state index is 12.4. The van der Waals surface area contributed by atoms with Gasteiger partial charge in [-0.2, -0.15) is 0 Å². The second-order valence-electron chi connectivity index (χ2n) is 6.84. The molecule has 25 heavy (non-hydrogen) atoms. The Bertz CT molecular complexity index is 670. The number of hydrogen-bond acceptors (Lipinski definition) is 4. The van der Waals surface area contributed by atoms with Crippen molar-refractivity contribution in [2.75, 3.05) is 18.4 Å². The number of anilines is 1. The highest BCUT2D eigenvalue weighted by Gasteiger charge is 2.21. The van der Waals surface area contributed by atoms with E-state index in [0.29, 0.717) is 11.6 Å². The van der Waals surface area contributed by atoms with Gasteiger partial charge >= 0.3 is 0 Å². The van der Waals surface area contributed by atoms with Crippen LogP contribution in [0.5, 0.6) is 0 Å². The molecule has 0 saturated heterocycles. The summed E-state index contributed by atoms with van der Waals surface area (Å²) in [6, 6.07) is 6.30. The van der Waals surface area contributed by atoms with Gasteiger partial charge < -0.3 is 11.1 Å². The molecule has 0 heterocycles. The molecule has 1 amide bonds. The number of rotatable bonds is 8. The Balaban J connectivity index is 1.97. The molecule has 1 saturated carbocycles. The molecule has 6 nitrogen and oxygen atoms in total. The predicted octanol–water partition coefficient (Wildman–Crippen LogP) is 2.47. The average Bonchev–Trinajstić information content (AvgIpc) is 2.61. The highest BCUT2D eigenvalue weighted by atomic mass is 32.2. The van der Waals surface area contributed by atoms with Gasteiger partial charge in [0.2, 0.25) is 15.9 Å². The Morgan fingerprint density at radius 1 is 1.28 bits per heavy atom. The van der Waals surface area contributed by atoms with Gasteiger partial charge in [0.1, 0.15) is 0 Å². The number of carbonyl (C=O) groups excluding carboxylic acids is 1. The van der Waals surface area contributed by atoms with Crippen LogP contribution in [0.15, 0.2) is 29.2 Å². The molecular formula is C18H29N3O3S. The molecule has 7 heteroatoms. The largest absolute Gasteiger partial charge is 0.329 e. The number of amides is 1. The van der Waals surface area contributed by atoms with E-state index in [1.54, 1.807) is 12.1 Å². The minimum Gasteiger partial charge on any atom is -0.329 e. The van der Waals surface area contributed by atoms with Crippen molar-refractivity contribution in [2.24, 2.45) is 17.6 Å². The Labute approximate surface area is 150 Å². The second kappa shape index (κ2) is 9.31. The van der Waals surface area contributed by atoms with Crippen LogP contribution in [0.4, 0.5) is 5.69 Å². The zero-order valence-electron chi connectivity index (χ0n) is 14.8. The molecule has 0 bridgehead atoms. The lowest BCUT2D eigenvalue weighted by Crippen LogP contribution is -2.29. The Hall–Kier alpha value is -1.44. The Morgan fingerprint density at radius 3 is 2.68 bits per heavy atom. The van der Waals surface area contributed by atoms with E-state index >= 15 is 0 Å². The highest BCUT2D eigenvalue weighted by Crippen LogP contribution is 2.29. The van der Waals surface area contributed by atoms with Gasteiger partial charge in [0.25, 0.3) is 0 Å². The smallest absolute Gasteiger partial charge is 0.240 e. The van der Waals surface area contributed by atoms with Crippen molar-refractivity contribution in [3.05, 3.63) is 24.3 Å². The van der Waals surface area contributed by atoms with Crippen LogP contribution in [0.25, 0.3) is 0 Å². The van der Waals surface area contributed by atoms with E-state index in [2.05, 4.69) is 10.0 Å². The molecule has 0 aliphatic heterocycles. The summed E-state index contributed by atoms with van der Waals surface area (Å²) in [5, 5.41) is 2.84. The van der Waals surface area contributed by atoms with Gasteiger partial charge in [0, 0.05) is 24.7 Å². The fraction of sp³-hybridized carbons (Fsp3) is 0.611. The number of hydrogen-bond donors (Lipinski definition) is 3. The summed E-state index contributed by atoms with van der Waals surface area (Å²) < 4.78 is 26.7. The van der Waals surface area contributed by atoms with Gasteiger partial charge in [-0.15, -0.1) is 0 Å². The SMILES string of the molecule is CC(CC1CCCCC1)C(=O)Nc1cccc(S(=O)(=O)NCCN)c1. The zero-order valence-corrected chi connectivity index (χ0v) is 15.6. The molecule has 1 aromatic carbocycles. The molecule has 0 radical (unpaired) electrons. The number of nitrogens with two attached hydrogens (primary N) is 1. The van der Waals surface area contributed by atoms with E-state index in [4.69, 9.17) is 5.73 Å². The Kier molecular flexibility index (Phi) is 7.40. The van der Waals surface area contributed by atoms with Crippen molar-refractivity contribution in [2.45, 2.75) is 50.3 Å². The third-order valence-electron chi connectivity index (χ3n) is 4.71. The standard InChI is InChI=1S/C18H29N3O3S/c1-14(12-15-6-3-2-4-7-15)18(22)21-16-8-5-9-17(13-16)25(23,24)20-11-10-19/h5,8-9,13-15,20H,2-4,6-7,10-12,19H2,1H3,(H,21,22). The minimum atomic E-state index is -3.60. The van der Waals surface area contributed by atoms with Gasteiger partial charge in [-0.3, -0.25) is 4.79 Å². The molecule has 140 valence electrons. The minimum absolute atomic E-state index is 0.0601. The van der Waals surface area contributed by atoms with E-state index in [1.807, 2.05) is 6.92 Å². The summed E-state index contributed by atoms with van der Waals surface area (Å²) in [4.78, 5) is 12.6. The summed E-state index contributed by atoms with van der Waals surface area (Å²) >= 11 is 0. The van der Waals surface area contributed by atoms with Gasteiger partial charge in [0.05, 0.1) is 4.90 Å². The summed E-state index contributed by atoms with van der Waals surface area (Å²) in [6.45, 7) is 2.35. The van der Waals surface area contributed by atoms with Crippen molar-refractivity contribution < 1.29 is 13.2 Å². The lowest BCUT2D eigenvalue weighted by atomic mass is 9.83. The third kappa shape index (κ3) is 6.09. The maximum Gasteiger partial charge on any atom is 0.240 e. The predicted molar refractivity (Wildman–Crippen MR) is 99.7 cm³/mol. The van der Waals surface area contributed by atoms with Crippen molar-refractivity contribution in [3.8, 4) is 0 Å². The molecule has 1 fully saturated rings. The number of carbonyl (C=O) groups is 1. The fourth-order valence-corrected chi connectivity index (χ4v) is 4.41. The molecule has 1 aliphatic rings. The van der Waals surface area contributed by atoms with Gasteiger partial charge in [-0.1, -0.05) is 45.1 Å². The first-order chi connectivity index (χ1) is 11.9.